The van der Waals surface area contributed by atoms with Crippen LogP contribution in [0.3, 0.4) is 0 Å². The lowest BCUT2D eigenvalue weighted by Crippen LogP contribution is -2.51. The molecule has 0 spiro atoms. The Kier molecular flexibility index (Phi) is 4.11. The lowest BCUT2D eigenvalue weighted by Gasteiger charge is -2.35. The molecule has 1 heterocycles. The van der Waals surface area contributed by atoms with Crippen molar-refractivity contribution in [1.82, 2.24) is 4.31 Å². The molecule has 1 aromatic carbocycles. The highest BCUT2D eigenvalue weighted by molar-refractivity contribution is 7.82. The van der Waals surface area contributed by atoms with Gasteiger partial charge in [0, 0.05) is 19.6 Å². The molecule has 5 nitrogen and oxygen atoms in total. The first-order valence-corrected chi connectivity index (χ1v) is 6.80. The molecule has 98 valence electrons. The number of rotatable bonds is 4. The van der Waals surface area contributed by atoms with Gasteiger partial charge in [-0.2, -0.15) is 0 Å². The van der Waals surface area contributed by atoms with Crippen LogP contribution in [0.5, 0.6) is 0 Å². The SMILES string of the molecule is COC(=O)C1CN(S(=O)c2cccc(CN)c2)C1. The minimum atomic E-state index is -1.22. The number of carbonyl (C=O) groups excluding carboxylic acids is 1. The zero-order valence-corrected chi connectivity index (χ0v) is 11.0. The third-order valence-electron chi connectivity index (χ3n) is 2.95. The summed E-state index contributed by atoms with van der Waals surface area (Å²) in [4.78, 5) is 12.0. The van der Waals surface area contributed by atoms with Crippen LogP contribution < -0.4 is 5.73 Å². The zero-order chi connectivity index (χ0) is 13.1. The van der Waals surface area contributed by atoms with Crippen molar-refractivity contribution < 1.29 is 13.7 Å². The Balaban J connectivity index is 1.99. The van der Waals surface area contributed by atoms with Crippen LogP contribution in [0.1, 0.15) is 5.56 Å². The molecule has 1 unspecified atom stereocenters. The van der Waals surface area contributed by atoms with Crippen LogP contribution in [0.4, 0.5) is 0 Å². The van der Waals surface area contributed by atoms with E-state index < -0.39 is 11.0 Å². The van der Waals surface area contributed by atoms with Gasteiger partial charge in [-0.3, -0.25) is 4.79 Å². The van der Waals surface area contributed by atoms with Crippen molar-refractivity contribution in [3.63, 3.8) is 0 Å². The number of nitrogens with two attached hydrogens (primary N) is 1. The molecule has 1 aliphatic heterocycles. The summed E-state index contributed by atoms with van der Waals surface area (Å²) in [6.45, 7) is 1.38. The molecule has 2 rings (SSSR count). The second-order valence-electron chi connectivity index (χ2n) is 4.17. The Labute approximate surface area is 108 Å². The van der Waals surface area contributed by atoms with Gasteiger partial charge in [-0.05, 0) is 17.7 Å². The third-order valence-corrected chi connectivity index (χ3v) is 4.38. The van der Waals surface area contributed by atoms with Crippen molar-refractivity contribution in [2.24, 2.45) is 11.7 Å². The maximum atomic E-state index is 12.2. The smallest absolute Gasteiger partial charge is 0.311 e. The number of carbonyl (C=O) groups is 1. The monoisotopic (exact) mass is 268 g/mol. The van der Waals surface area contributed by atoms with Crippen LogP contribution in [0.25, 0.3) is 0 Å². The van der Waals surface area contributed by atoms with E-state index in [4.69, 9.17) is 5.73 Å². The molecule has 1 fully saturated rings. The summed E-state index contributed by atoms with van der Waals surface area (Å²) in [5.41, 5.74) is 6.50. The van der Waals surface area contributed by atoms with Crippen LogP contribution in [0.2, 0.25) is 0 Å². The Hall–Kier alpha value is -1.24. The first-order chi connectivity index (χ1) is 8.65. The maximum absolute atomic E-state index is 12.2. The number of hydrogen-bond donors (Lipinski definition) is 1. The molecule has 0 saturated carbocycles. The Morgan fingerprint density at radius 1 is 1.56 bits per heavy atom. The van der Waals surface area contributed by atoms with Gasteiger partial charge in [0.05, 0.1) is 17.9 Å². The van der Waals surface area contributed by atoms with E-state index in [9.17, 15) is 9.00 Å². The molecule has 18 heavy (non-hydrogen) atoms. The highest BCUT2D eigenvalue weighted by Crippen LogP contribution is 2.23. The van der Waals surface area contributed by atoms with Crippen molar-refractivity contribution in [2.45, 2.75) is 11.4 Å². The largest absolute Gasteiger partial charge is 0.469 e. The summed E-state index contributed by atoms with van der Waals surface area (Å²) in [6.07, 6.45) is 0. The van der Waals surface area contributed by atoms with E-state index in [1.54, 1.807) is 10.4 Å². The van der Waals surface area contributed by atoms with Gasteiger partial charge in [0.2, 0.25) is 0 Å². The summed E-state index contributed by atoms with van der Waals surface area (Å²) < 4.78 is 18.6. The van der Waals surface area contributed by atoms with Crippen LogP contribution in [-0.2, 0) is 27.1 Å². The third kappa shape index (κ3) is 2.60. The molecular formula is C12H16N2O3S. The van der Waals surface area contributed by atoms with Gasteiger partial charge < -0.3 is 10.5 Å². The molecule has 0 amide bonds. The van der Waals surface area contributed by atoms with Gasteiger partial charge in [0.1, 0.15) is 11.0 Å². The number of methoxy groups -OCH3 is 1. The topological polar surface area (TPSA) is 72.6 Å². The highest BCUT2D eigenvalue weighted by atomic mass is 32.2. The molecule has 1 aromatic rings. The first kappa shape index (κ1) is 13.2. The molecule has 1 saturated heterocycles. The summed E-state index contributed by atoms with van der Waals surface area (Å²) in [7, 11) is 0.145. The fourth-order valence-corrected chi connectivity index (χ4v) is 3.20. The molecule has 0 aromatic heterocycles. The van der Waals surface area contributed by atoms with E-state index >= 15 is 0 Å². The van der Waals surface area contributed by atoms with Crippen LogP contribution in [0.15, 0.2) is 29.2 Å². The maximum Gasteiger partial charge on any atom is 0.311 e. The van der Waals surface area contributed by atoms with E-state index in [1.807, 2.05) is 18.2 Å². The quantitative estimate of drug-likeness (QED) is 0.796. The molecule has 6 heteroatoms. The summed E-state index contributed by atoms with van der Waals surface area (Å²) >= 11 is 0. The second kappa shape index (κ2) is 5.60. The minimum absolute atomic E-state index is 0.156. The van der Waals surface area contributed by atoms with E-state index in [0.29, 0.717) is 19.6 Å². The van der Waals surface area contributed by atoms with Gasteiger partial charge in [0.15, 0.2) is 0 Å². The summed E-state index contributed by atoms with van der Waals surface area (Å²) in [6, 6.07) is 7.38. The average Bonchev–Trinajstić information content (AvgIpc) is 2.36. The van der Waals surface area contributed by atoms with E-state index in [1.165, 1.54) is 7.11 Å². The van der Waals surface area contributed by atoms with Crippen LogP contribution in [-0.4, -0.2) is 34.7 Å². The molecule has 2 N–H and O–H groups in total. The lowest BCUT2D eigenvalue weighted by molar-refractivity contribution is -0.149. The van der Waals surface area contributed by atoms with E-state index in [2.05, 4.69) is 4.74 Å². The van der Waals surface area contributed by atoms with Crippen molar-refractivity contribution in [2.75, 3.05) is 20.2 Å². The Morgan fingerprint density at radius 2 is 2.28 bits per heavy atom. The molecular weight excluding hydrogens is 252 g/mol. The number of benzene rings is 1. The molecule has 0 radical (unpaired) electrons. The fourth-order valence-electron chi connectivity index (χ4n) is 1.82. The molecule has 0 aliphatic carbocycles. The van der Waals surface area contributed by atoms with Gasteiger partial charge in [-0.25, -0.2) is 8.51 Å². The van der Waals surface area contributed by atoms with Gasteiger partial charge in [-0.1, -0.05) is 12.1 Å². The van der Waals surface area contributed by atoms with Crippen molar-refractivity contribution >= 4 is 17.0 Å². The first-order valence-electron chi connectivity index (χ1n) is 5.69. The highest BCUT2D eigenvalue weighted by Gasteiger charge is 2.37. The van der Waals surface area contributed by atoms with Gasteiger partial charge in [-0.15, -0.1) is 0 Å². The molecule has 0 bridgehead atoms. The Morgan fingerprint density at radius 3 is 2.89 bits per heavy atom. The lowest BCUT2D eigenvalue weighted by atomic mass is 10.0. The number of esters is 1. The van der Waals surface area contributed by atoms with Gasteiger partial charge in [0.25, 0.3) is 0 Å². The summed E-state index contributed by atoms with van der Waals surface area (Å²) in [5, 5.41) is 0. The van der Waals surface area contributed by atoms with Crippen molar-refractivity contribution in [1.29, 1.82) is 0 Å². The standard InChI is InChI=1S/C12H16N2O3S/c1-17-12(15)10-7-14(8-10)18(16)11-4-2-3-9(5-11)6-13/h2-5,10H,6-8,13H2,1H3. The van der Waals surface area contributed by atoms with E-state index in [-0.39, 0.29) is 11.9 Å². The predicted octanol–water partition coefficient (Wildman–Crippen LogP) is 0.273. The number of hydrogen-bond acceptors (Lipinski definition) is 4. The normalized spacial score (nSPS) is 18.1. The molecule has 1 aliphatic rings. The number of ether oxygens (including phenoxy) is 1. The van der Waals surface area contributed by atoms with Crippen molar-refractivity contribution in [3.05, 3.63) is 29.8 Å². The molecule has 1 atom stereocenters. The predicted molar refractivity (Wildman–Crippen MR) is 67.8 cm³/mol. The van der Waals surface area contributed by atoms with Gasteiger partial charge >= 0.3 is 5.97 Å². The Bertz CT molecular complexity index is 472. The number of nitrogens with zero attached hydrogens (tertiary/aromatic N) is 1. The second-order valence-corrected chi connectivity index (χ2v) is 5.65. The average molecular weight is 268 g/mol. The zero-order valence-electron chi connectivity index (χ0n) is 10.2. The van der Waals surface area contributed by atoms with Crippen molar-refractivity contribution in [3.8, 4) is 0 Å². The van der Waals surface area contributed by atoms with Crippen LogP contribution in [0, 0.1) is 5.92 Å². The summed E-state index contributed by atoms with van der Waals surface area (Å²) in [5.74, 6) is -0.393. The van der Waals surface area contributed by atoms with Crippen LogP contribution >= 0.6 is 0 Å². The van der Waals surface area contributed by atoms with E-state index in [0.717, 1.165) is 10.5 Å². The fraction of sp³-hybridized carbons (Fsp3) is 0.417. The minimum Gasteiger partial charge on any atom is -0.469 e.